The Hall–Kier alpha value is -2.92. The lowest BCUT2D eigenvalue weighted by molar-refractivity contribution is -0.142. The minimum absolute atomic E-state index is 0.330. The van der Waals surface area contributed by atoms with Gasteiger partial charge in [-0.2, -0.15) is 0 Å². The van der Waals surface area contributed by atoms with Gasteiger partial charge in [0, 0.05) is 62.1 Å². The Morgan fingerprint density at radius 2 is 1.67 bits per heavy atom. The highest BCUT2D eigenvalue weighted by atomic mass is 35.5. The Balaban J connectivity index is 1.17. The van der Waals surface area contributed by atoms with Crippen LogP contribution in [0.5, 0.6) is 0 Å². The van der Waals surface area contributed by atoms with E-state index in [2.05, 4.69) is 20.1 Å². The number of amides is 1. The second-order valence-corrected chi connectivity index (χ2v) is 13.4. The van der Waals surface area contributed by atoms with Crippen molar-refractivity contribution in [2.75, 3.05) is 54.4 Å². The number of pyridine rings is 1. The summed E-state index contributed by atoms with van der Waals surface area (Å²) in [6.45, 7) is 4.96. The highest BCUT2D eigenvalue weighted by molar-refractivity contribution is 7.20. The SMILES string of the molecule is O=C(Nc1nc(-c2cccc(Cl)c2)c(N2CCN(C3CCCCC3)CC2)s1)c1cnc(N2CCC(C(=O)O)CC2)c(Cl)c1. The van der Waals surface area contributed by atoms with E-state index in [-0.39, 0.29) is 11.8 Å². The molecule has 0 atom stereocenters. The van der Waals surface area contributed by atoms with Crippen LogP contribution in [-0.2, 0) is 4.79 Å². The van der Waals surface area contributed by atoms with Crippen LogP contribution in [0.3, 0.4) is 0 Å². The van der Waals surface area contributed by atoms with Crippen molar-refractivity contribution in [2.24, 2.45) is 5.92 Å². The van der Waals surface area contributed by atoms with Crippen molar-refractivity contribution in [1.29, 1.82) is 0 Å². The molecule has 1 aliphatic carbocycles. The second kappa shape index (κ2) is 13.4. The highest BCUT2D eigenvalue weighted by Gasteiger charge is 2.29. The molecule has 0 unspecified atom stereocenters. The van der Waals surface area contributed by atoms with Gasteiger partial charge in [0.15, 0.2) is 5.13 Å². The summed E-state index contributed by atoms with van der Waals surface area (Å²) in [5.41, 5.74) is 2.05. The van der Waals surface area contributed by atoms with E-state index in [9.17, 15) is 14.7 Å². The predicted octanol–water partition coefficient (Wildman–Crippen LogP) is 6.52. The Kier molecular flexibility index (Phi) is 9.37. The number of aliphatic carboxylic acids is 1. The van der Waals surface area contributed by atoms with Crippen LogP contribution in [0.4, 0.5) is 16.0 Å². The molecule has 3 fully saturated rings. The maximum Gasteiger partial charge on any atom is 0.306 e. The van der Waals surface area contributed by atoms with Crippen molar-refractivity contribution in [1.82, 2.24) is 14.9 Å². The average molecular weight is 644 g/mol. The number of thiazole rings is 1. The van der Waals surface area contributed by atoms with Crippen molar-refractivity contribution in [2.45, 2.75) is 51.0 Å². The summed E-state index contributed by atoms with van der Waals surface area (Å²) in [5.74, 6) is -0.892. The maximum atomic E-state index is 13.3. The van der Waals surface area contributed by atoms with Crippen LogP contribution in [0, 0.1) is 5.92 Å². The molecule has 2 aliphatic heterocycles. The maximum absolute atomic E-state index is 13.3. The topological polar surface area (TPSA) is 102 Å². The summed E-state index contributed by atoms with van der Waals surface area (Å²) in [4.78, 5) is 41.0. The first-order chi connectivity index (χ1) is 20.9. The third kappa shape index (κ3) is 6.93. The predicted molar refractivity (Wildman–Crippen MR) is 173 cm³/mol. The Morgan fingerprint density at radius 3 is 2.35 bits per heavy atom. The van der Waals surface area contributed by atoms with Gasteiger partial charge >= 0.3 is 5.97 Å². The molecule has 12 heteroatoms. The number of benzene rings is 1. The molecule has 3 aromatic rings. The zero-order chi connectivity index (χ0) is 29.9. The minimum atomic E-state index is -0.767. The lowest BCUT2D eigenvalue weighted by Gasteiger charge is -2.41. The van der Waals surface area contributed by atoms with Crippen molar-refractivity contribution in [3.05, 3.63) is 52.1 Å². The van der Waals surface area contributed by atoms with E-state index in [1.54, 1.807) is 6.07 Å². The lowest BCUT2D eigenvalue weighted by atomic mass is 9.94. The number of anilines is 3. The van der Waals surface area contributed by atoms with Gasteiger partial charge in [-0.05, 0) is 43.9 Å². The molecule has 2 N–H and O–H groups in total. The molecule has 2 saturated heterocycles. The number of piperazine rings is 1. The number of carboxylic acid groups (broad SMARTS) is 1. The molecule has 3 aliphatic rings. The van der Waals surface area contributed by atoms with E-state index < -0.39 is 5.97 Å². The van der Waals surface area contributed by atoms with E-state index in [0.717, 1.165) is 42.4 Å². The van der Waals surface area contributed by atoms with Gasteiger partial charge in [0.2, 0.25) is 0 Å². The van der Waals surface area contributed by atoms with E-state index in [0.29, 0.717) is 58.5 Å². The number of aromatic nitrogens is 2. The molecule has 4 heterocycles. The summed E-state index contributed by atoms with van der Waals surface area (Å²) >= 11 is 14.4. The zero-order valence-electron chi connectivity index (χ0n) is 24.0. The number of halogens is 2. The lowest BCUT2D eigenvalue weighted by Crippen LogP contribution is -2.50. The number of hydrogen-bond donors (Lipinski definition) is 2. The van der Waals surface area contributed by atoms with E-state index in [4.69, 9.17) is 28.2 Å². The zero-order valence-corrected chi connectivity index (χ0v) is 26.3. The fourth-order valence-electron chi connectivity index (χ4n) is 6.44. The van der Waals surface area contributed by atoms with Gasteiger partial charge in [-0.1, -0.05) is 65.9 Å². The Morgan fingerprint density at radius 1 is 0.930 bits per heavy atom. The molecule has 6 rings (SSSR count). The van der Waals surface area contributed by atoms with Gasteiger partial charge in [-0.3, -0.25) is 19.8 Å². The molecule has 1 amide bonds. The van der Waals surface area contributed by atoms with Crippen LogP contribution in [0.25, 0.3) is 11.3 Å². The van der Waals surface area contributed by atoms with Crippen molar-refractivity contribution >= 4 is 62.4 Å². The third-order valence-corrected chi connectivity index (χ3v) is 10.4. The van der Waals surface area contributed by atoms with Gasteiger partial charge < -0.3 is 14.9 Å². The fourth-order valence-corrected chi connectivity index (χ4v) is 7.95. The molecule has 228 valence electrons. The quantitative estimate of drug-likeness (QED) is 0.300. The van der Waals surface area contributed by atoms with Crippen LogP contribution in [-0.4, -0.2) is 77.2 Å². The van der Waals surface area contributed by atoms with E-state index >= 15 is 0 Å². The molecule has 0 spiro atoms. The number of carbonyl (C=O) groups is 2. The Bertz CT molecular complexity index is 1460. The van der Waals surface area contributed by atoms with Crippen LogP contribution >= 0.6 is 34.5 Å². The fraction of sp³-hybridized carbons (Fsp3) is 0.484. The standard InChI is InChI=1S/C31H36Cl2N6O3S/c32-23-6-4-5-21(17-23)26-29(39-15-13-37(14-16-39)24-7-2-1-3-8-24)43-31(35-26)36-28(40)22-18-25(33)27(34-19-22)38-11-9-20(10-12-38)30(41)42/h4-6,17-20,24H,1-3,7-16H2,(H,41,42)(H,35,36,40). The van der Waals surface area contributed by atoms with Gasteiger partial charge in [0.25, 0.3) is 5.91 Å². The number of hydrogen-bond acceptors (Lipinski definition) is 8. The first-order valence-corrected chi connectivity index (χ1v) is 16.6. The number of carboxylic acids is 1. The number of rotatable bonds is 7. The van der Waals surface area contributed by atoms with Crippen LogP contribution in [0.1, 0.15) is 55.3 Å². The molecule has 1 aromatic carbocycles. The monoisotopic (exact) mass is 642 g/mol. The summed E-state index contributed by atoms with van der Waals surface area (Å²) in [7, 11) is 0. The summed E-state index contributed by atoms with van der Waals surface area (Å²) in [5, 5.41) is 14.8. The second-order valence-electron chi connectivity index (χ2n) is 11.6. The Labute approximate surface area is 265 Å². The first kappa shape index (κ1) is 30.1. The smallest absolute Gasteiger partial charge is 0.306 e. The minimum Gasteiger partial charge on any atom is -0.481 e. The van der Waals surface area contributed by atoms with Gasteiger partial charge in [-0.25, -0.2) is 9.97 Å². The molecule has 43 heavy (non-hydrogen) atoms. The third-order valence-electron chi connectivity index (χ3n) is 8.85. The average Bonchev–Trinajstić information content (AvgIpc) is 3.45. The van der Waals surface area contributed by atoms with Crippen molar-refractivity contribution in [3.8, 4) is 11.3 Å². The normalized spacial score (nSPS) is 19.0. The highest BCUT2D eigenvalue weighted by Crippen LogP contribution is 2.40. The van der Waals surface area contributed by atoms with E-state index in [1.165, 1.54) is 49.6 Å². The van der Waals surface area contributed by atoms with Crippen LogP contribution in [0.15, 0.2) is 36.5 Å². The van der Waals surface area contributed by atoms with E-state index in [1.807, 2.05) is 29.2 Å². The van der Waals surface area contributed by atoms with Crippen LogP contribution in [0.2, 0.25) is 10.0 Å². The first-order valence-electron chi connectivity index (χ1n) is 15.1. The number of carbonyl (C=O) groups excluding carboxylic acids is 1. The largest absolute Gasteiger partial charge is 0.481 e. The number of piperidine rings is 1. The summed E-state index contributed by atoms with van der Waals surface area (Å²) in [6, 6.07) is 9.97. The molecule has 1 saturated carbocycles. The van der Waals surface area contributed by atoms with Gasteiger partial charge in [-0.15, -0.1) is 0 Å². The molecule has 9 nitrogen and oxygen atoms in total. The van der Waals surface area contributed by atoms with Gasteiger partial charge in [0.05, 0.1) is 16.5 Å². The van der Waals surface area contributed by atoms with Crippen molar-refractivity contribution < 1.29 is 14.7 Å². The van der Waals surface area contributed by atoms with Gasteiger partial charge in [0.1, 0.15) is 16.5 Å². The molecule has 0 radical (unpaired) electrons. The summed E-state index contributed by atoms with van der Waals surface area (Å²) < 4.78 is 0. The number of nitrogens with one attached hydrogen (secondary N) is 1. The number of nitrogens with zero attached hydrogens (tertiary/aromatic N) is 5. The molecular weight excluding hydrogens is 607 g/mol. The van der Waals surface area contributed by atoms with Crippen molar-refractivity contribution in [3.63, 3.8) is 0 Å². The molecule has 2 aromatic heterocycles. The molecule has 0 bridgehead atoms. The van der Waals surface area contributed by atoms with Crippen LogP contribution < -0.4 is 15.1 Å². The summed E-state index contributed by atoms with van der Waals surface area (Å²) in [6.07, 6.45) is 9.19. The molecular formula is C31H36Cl2N6O3S.